The maximum atomic E-state index is 5.60. The van der Waals surface area contributed by atoms with E-state index in [1.807, 2.05) is 0 Å². The van der Waals surface area contributed by atoms with E-state index in [2.05, 4.69) is 42.3 Å². The number of rotatable bonds is 8. The van der Waals surface area contributed by atoms with Gasteiger partial charge in [0.25, 0.3) is 0 Å². The highest BCUT2D eigenvalue weighted by atomic mass is 16.5. The molecule has 21 heavy (non-hydrogen) atoms. The summed E-state index contributed by atoms with van der Waals surface area (Å²) in [6.07, 6.45) is 4.99. The monoisotopic (exact) mass is 288 g/mol. The van der Waals surface area contributed by atoms with Gasteiger partial charge in [-0.2, -0.15) is 0 Å². The van der Waals surface area contributed by atoms with E-state index in [1.54, 1.807) is 0 Å². The summed E-state index contributed by atoms with van der Waals surface area (Å²) in [4.78, 5) is 2.61. The molecule has 1 saturated carbocycles. The number of nitrogens with one attached hydrogen (secondary N) is 1. The summed E-state index contributed by atoms with van der Waals surface area (Å²) in [7, 11) is 0. The summed E-state index contributed by atoms with van der Waals surface area (Å²) < 4.78 is 5.60. The fourth-order valence-electron chi connectivity index (χ4n) is 3.34. The third-order valence-electron chi connectivity index (χ3n) is 4.78. The Balaban J connectivity index is 1.54. The average Bonchev–Trinajstić information content (AvgIpc) is 3.24. The molecule has 0 spiro atoms. The van der Waals surface area contributed by atoms with Gasteiger partial charge in [-0.05, 0) is 43.0 Å². The normalized spacial score (nSPS) is 18.6. The molecule has 1 aliphatic heterocycles. The first kappa shape index (κ1) is 14.9. The van der Waals surface area contributed by atoms with Gasteiger partial charge in [0.1, 0.15) is 5.75 Å². The van der Waals surface area contributed by atoms with Crippen molar-refractivity contribution in [2.45, 2.75) is 51.6 Å². The van der Waals surface area contributed by atoms with Gasteiger partial charge < -0.3 is 10.1 Å². The zero-order chi connectivity index (χ0) is 14.7. The van der Waals surface area contributed by atoms with E-state index in [0.29, 0.717) is 6.04 Å². The van der Waals surface area contributed by atoms with Crippen LogP contribution in [0.25, 0.3) is 0 Å². The van der Waals surface area contributed by atoms with Crippen molar-refractivity contribution in [1.29, 1.82) is 0 Å². The second kappa shape index (κ2) is 6.80. The van der Waals surface area contributed by atoms with Gasteiger partial charge in [0.2, 0.25) is 0 Å². The van der Waals surface area contributed by atoms with Gasteiger partial charge in [0.05, 0.1) is 6.61 Å². The minimum absolute atomic E-state index is 0.466. The zero-order valence-electron chi connectivity index (χ0n) is 13.4. The Morgan fingerprint density at radius 2 is 2.19 bits per heavy atom. The van der Waals surface area contributed by atoms with Crippen molar-refractivity contribution in [2.75, 3.05) is 26.2 Å². The van der Waals surface area contributed by atoms with Crippen LogP contribution in [0.1, 0.15) is 50.3 Å². The molecule has 3 rings (SSSR count). The predicted molar refractivity (Wildman–Crippen MR) is 86.9 cm³/mol. The van der Waals surface area contributed by atoms with Crippen LogP contribution in [0.2, 0.25) is 0 Å². The van der Waals surface area contributed by atoms with Crippen molar-refractivity contribution in [3.63, 3.8) is 0 Å². The quantitative estimate of drug-likeness (QED) is 0.795. The van der Waals surface area contributed by atoms with Crippen molar-refractivity contribution in [2.24, 2.45) is 0 Å². The molecule has 0 aromatic heterocycles. The number of fused-ring (bicyclic) bond motifs is 1. The Bertz CT molecular complexity index is 470. The Hall–Kier alpha value is -1.06. The number of hydrogen-bond donors (Lipinski definition) is 1. The minimum atomic E-state index is 0.466. The molecule has 116 valence electrons. The van der Waals surface area contributed by atoms with Gasteiger partial charge >= 0.3 is 0 Å². The lowest BCUT2D eigenvalue weighted by molar-refractivity contribution is 0.271. The molecule has 1 aliphatic carbocycles. The Kier molecular flexibility index (Phi) is 4.81. The Labute approximate surface area is 128 Å². The second-order valence-corrected chi connectivity index (χ2v) is 6.24. The fraction of sp³-hybridized carbons (Fsp3) is 0.667. The molecule has 0 bridgehead atoms. The molecule has 2 aliphatic rings. The molecule has 0 saturated heterocycles. The number of hydrogen-bond acceptors (Lipinski definition) is 3. The van der Waals surface area contributed by atoms with Crippen LogP contribution < -0.4 is 10.1 Å². The molecular weight excluding hydrogens is 260 g/mol. The van der Waals surface area contributed by atoms with Crippen LogP contribution in [0, 0.1) is 0 Å². The second-order valence-electron chi connectivity index (χ2n) is 6.24. The van der Waals surface area contributed by atoms with Crippen LogP contribution in [0.5, 0.6) is 5.75 Å². The third kappa shape index (κ3) is 3.58. The Morgan fingerprint density at radius 3 is 2.90 bits per heavy atom. The lowest BCUT2D eigenvalue weighted by Gasteiger charge is -2.23. The van der Waals surface area contributed by atoms with E-state index >= 15 is 0 Å². The Morgan fingerprint density at radius 1 is 1.33 bits per heavy atom. The van der Waals surface area contributed by atoms with E-state index in [1.165, 1.54) is 37.1 Å². The molecule has 3 heteroatoms. The van der Waals surface area contributed by atoms with E-state index in [-0.39, 0.29) is 0 Å². The molecule has 1 unspecified atom stereocenters. The van der Waals surface area contributed by atoms with E-state index in [4.69, 9.17) is 4.74 Å². The minimum Gasteiger partial charge on any atom is -0.493 e. The van der Waals surface area contributed by atoms with Crippen LogP contribution >= 0.6 is 0 Å². The van der Waals surface area contributed by atoms with Gasteiger partial charge in [-0.25, -0.2) is 0 Å². The largest absolute Gasteiger partial charge is 0.493 e. The zero-order valence-corrected chi connectivity index (χ0v) is 13.4. The van der Waals surface area contributed by atoms with E-state index < -0.39 is 0 Å². The van der Waals surface area contributed by atoms with Gasteiger partial charge in [-0.15, -0.1) is 0 Å². The molecule has 1 fully saturated rings. The summed E-state index contributed by atoms with van der Waals surface area (Å²) in [6.45, 7) is 8.81. The maximum Gasteiger partial charge on any atom is 0.122 e. The highest BCUT2D eigenvalue weighted by Crippen LogP contribution is 2.29. The molecule has 1 aromatic rings. The standard InChI is InChI=1S/C18H28N2O/c1-3-17(19-10-11-20(4-2)16-6-7-16)14-5-8-18-15(13-14)9-12-21-18/h5,8,13,16-17,19H,3-4,6-7,9-12H2,1-2H3. The van der Waals surface area contributed by atoms with Crippen LogP contribution in [-0.2, 0) is 6.42 Å². The smallest absolute Gasteiger partial charge is 0.122 e. The van der Waals surface area contributed by atoms with Crippen molar-refractivity contribution in [1.82, 2.24) is 10.2 Å². The van der Waals surface area contributed by atoms with Gasteiger partial charge in [0.15, 0.2) is 0 Å². The number of ether oxygens (including phenoxy) is 1. The van der Waals surface area contributed by atoms with Crippen LogP contribution in [0.3, 0.4) is 0 Å². The highest BCUT2D eigenvalue weighted by molar-refractivity contribution is 5.40. The summed E-state index contributed by atoms with van der Waals surface area (Å²) >= 11 is 0. The number of benzene rings is 1. The first-order valence-electron chi connectivity index (χ1n) is 8.54. The van der Waals surface area contributed by atoms with Gasteiger partial charge in [-0.1, -0.05) is 26.0 Å². The summed E-state index contributed by atoms with van der Waals surface area (Å²) in [5.74, 6) is 1.08. The summed E-state index contributed by atoms with van der Waals surface area (Å²) in [5, 5.41) is 3.74. The van der Waals surface area contributed by atoms with Crippen molar-refractivity contribution in [3.8, 4) is 5.75 Å². The average molecular weight is 288 g/mol. The molecule has 1 atom stereocenters. The molecule has 1 heterocycles. The lowest BCUT2D eigenvalue weighted by Crippen LogP contribution is -2.35. The van der Waals surface area contributed by atoms with Crippen molar-refractivity contribution >= 4 is 0 Å². The van der Waals surface area contributed by atoms with Crippen molar-refractivity contribution in [3.05, 3.63) is 29.3 Å². The van der Waals surface area contributed by atoms with Crippen LogP contribution in [0.4, 0.5) is 0 Å². The molecule has 3 nitrogen and oxygen atoms in total. The predicted octanol–water partition coefficient (Wildman–Crippen LogP) is 3.15. The molecule has 1 N–H and O–H groups in total. The first-order chi connectivity index (χ1) is 10.3. The summed E-state index contributed by atoms with van der Waals surface area (Å²) in [6, 6.07) is 8.04. The van der Waals surface area contributed by atoms with Gasteiger partial charge in [0, 0.05) is 31.6 Å². The van der Waals surface area contributed by atoms with Gasteiger partial charge in [-0.3, -0.25) is 4.90 Å². The fourth-order valence-corrected chi connectivity index (χ4v) is 3.34. The first-order valence-corrected chi connectivity index (χ1v) is 8.54. The topological polar surface area (TPSA) is 24.5 Å². The van der Waals surface area contributed by atoms with Crippen LogP contribution in [0.15, 0.2) is 18.2 Å². The number of nitrogens with zero attached hydrogens (tertiary/aromatic N) is 1. The van der Waals surface area contributed by atoms with E-state index in [9.17, 15) is 0 Å². The third-order valence-corrected chi connectivity index (χ3v) is 4.78. The molecule has 0 radical (unpaired) electrons. The van der Waals surface area contributed by atoms with E-state index in [0.717, 1.165) is 37.8 Å². The SMILES string of the molecule is CCC(NCCN(CC)C1CC1)c1ccc2c(c1)CCO2. The molecule has 0 amide bonds. The van der Waals surface area contributed by atoms with Crippen LogP contribution in [-0.4, -0.2) is 37.2 Å². The summed E-state index contributed by atoms with van der Waals surface area (Å²) in [5.41, 5.74) is 2.79. The maximum absolute atomic E-state index is 5.60. The molecular formula is C18H28N2O. The molecule has 1 aromatic carbocycles. The van der Waals surface area contributed by atoms with Crippen molar-refractivity contribution < 1.29 is 4.74 Å². The lowest BCUT2D eigenvalue weighted by atomic mass is 10.0. The number of likely N-dealkylation sites (N-methyl/N-ethyl adjacent to an activating group) is 1. The highest BCUT2D eigenvalue weighted by Gasteiger charge is 2.27.